The Morgan fingerprint density at radius 2 is 1.86 bits per heavy atom. The number of nitrogens with one attached hydrogen (secondary N) is 2. The zero-order valence-electron chi connectivity index (χ0n) is 16.8. The predicted octanol–water partition coefficient (Wildman–Crippen LogP) is 4.51. The zero-order valence-corrected chi connectivity index (χ0v) is 19.9. The van der Waals surface area contributed by atoms with Gasteiger partial charge in [0, 0.05) is 38.1 Å². The Balaban J connectivity index is 0.00000300. The van der Waals surface area contributed by atoms with Crippen LogP contribution in [0.15, 0.2) is 53.5 Å². The number of halogens is 2. The summed E-state index contributed by atoms with van der Waals surface area (Å²) in [5.74, 6) is 0.918. The van der Waals surface area contributed by atoms with E-state index in [-0.39, 0.29) is 35.9 Å². The highest BCUT2D eigenvalue weighted by atomic mass is 127. The summed E-state index contributed by atoms with van der Waals surface area (Å²) in [7, 11) is 1.74. The van der Waals surface area contributed by atoms with E-state index in [0.717, 1.165) is 30.1 Å². The van der Waals surface area contributed by atoms with Crippen molar-refractivity contribution in [1.29, 1.82) is 0 Å². The molecule has 0 spiro atoms. The highest BCUT2D eigenvalue weighted by molar-refractivity contribution is 14.0. The van der Waals surface area contributed by atoms with Gasteiger partial charge in [-0.05, 0) is 42.2 Å². The number of rotatable bonds is 6. The maximum Gasteiger partial charge on any atom is 0.223 e. The molecule has 0 bridgehead atoms. The van der Waals surface area contributed by atoms with Crippen LogP contribution in [0.2, 0.25) is 5.02 Å². The van der Waals surface area contributed by atoms with Gasteiger partial charge in [0.1, 0.15) is 0 Å². The molecule has 3 rings (SSSR count). The average Bonchev–Trinajstić information content (AvgIpc) is 3.14. The Morgan fingerprint density at radius 3 is 2.48 bits per heavy atom. The average molecular weight is 527 g/mol. The van der Waals surface area contributed by atoms with Crippen LogP contribution in [0.25, 0.3) is 0 Å². The maximum absolute atomic E-state index is 12.5. The van der Waals surface area contributed by atoms with E-state index in [1.165, 1.54) is 11.1 Å². The fraction of sp³-hybridized carbons (Fsp3) is 0.364. The van der Waals surface area contributed by atoms with Crippen LogP contribution in [-0.4, -0.2) is 30.4 Å². The fourth-order valence-electron chi connectivity index (χ4n) is 3.37. The SMILES string of the molecule is CN=C(NCCCC(=O)N1Cc2ccccc2C1)NC(C)c1cccc(Cl)c1.I. The Hall–Kier alpha value is -1.80. The maximum atomic E-state index is 12.5. The fourth-order valence-corrected chi connectivity index (χ4v) is 3.57. The molecule has 0 saturated heterocycles. The first kappa shape index (κ1) is 23.5. The number of guanidine groups is 1. The van der Waals surface area contributed by atoms with Crippen molar-refractivity contribution in [2.24, 2.45) is 4.99 Å². The van der Waals surface area contributed by atoms with Gasteiger partial charge in [0.2, 0.25) is 5.91 Å². The smallest absolute Gasteiger partial charge is 0.223 e. The predicted molar refractivity (Wildman–Crippen MR) is 130 cm³/mol. The molecule has 5 nitrogen and oxygen atoms in total. The second kappa shape index (κ2) is 11.4. The number of hydrogen-bond acceptors (Lipinski definition) is 2. The van der Waals surface area contributed by atoms with Crippen LogP contribution in [0.5, 0.6) is 0 Å². The van der Waals surface area contributed by atoms with Gasteiger partial charge in [-0.25, -0.2) is 0 Å². The van der Waals surface area contributed by atoms with Crippen molar-refractivity contribution in [1.82, 2.24) is 15.5 Å². The van der Waals surface area contributed by atoms with E-state index < -0.39 is 0 Å². The molecule has 2 aromatic carbocycles. The molecule has 2 aromatic rings. The molecule has 1 aliphatic heterocycles. The van der Waals surface area contributed by atoms with Crippen LogP contribution >= 0.6 is 35.6 Å². The van der Waals surface area contributed by atoms with E-state index in [4.69, 9.17) is 11.6 Å². The number of fused-ring (bicyclic) bond motifs is 1. The quantitative estimate of drug-likeness (QED) is 0.252. The van der Waals surface area contributed by atoms with E-state index in [9.17, 15) is 4.79 Å². The van der Waals surface area contributed by atoms with Crippen molar-refractivity contribution in [2.45, 2.75) is 38.9 Å². The third kappa shape index (κ3) is 6.60. The van der Waals surface area contributed by atoms with Gasteiger partial charge < -0.3 is 15.5 Å². The largest absolute Gasteiger partial charge is 0.356 e. The summed E-state index contributed by atoms with van der Waals surface area (Å²) in [5, 5.41) is 7.35. The first-order valence-electron chi connectivity index (χ1n) is 9.64. The highest BCUT2D eigenvalue weighted by Crippen LogP contribution is 2.23. The molecule has 1 amide bonds. The van der Waals surface area contributed by atoms with Gasteiger partial charge in [0.05, 0.1) is 6.04 Å². The highest BCUT2D eigenvalue weighted by Gasteiger charge is 2.22. The van der Waals surface area contributed by atoms with Crippen molar-refractivity contribution in [2.75, 3.05) is 13.6 Å². The molecule has 1 atom stereocenters. The Bertz CT molecular complexity index is 833. The third-order valence-corrected chi connectivity index (χ3v) is 5.21. The minimum atomic E-state index is 0. The lowest BCUT2D eigenvalue weighted by Crippen LogP contribution is -2.39. The molecule has 7 heteroatoms. The molecule has 0 saturated carbocycles. The molecule has 2 N–H and O–H groups in total. The third-order valence-electron chi connectivity index (χ3n) is 4.98. The first-order chi connectivity index (χ1) is 13.6. The Morgan fingerprint density at radius 1 is 1.17 bits per heavy atom. The van der Waals surface area contributed by atoms with Crippen molar-refractivity contribution in [3.63, 3.8) is 0 Å². The van der Waals surface area contributed by atoms with Crippen molar-refractivity contribution in [3.8, 4) is 0 Å². The second-order valence-corrected chi connectivity index (χ2v) is 7.48. The van der Waals surface area contributed by atoms with Crippen LogP contribution in [0.3, 0.4) is 0 Å². The minimum Gasteiger partial charge on any atom is -0.356 e. The number of nitrogens with zero attached hydrogens (tertiary/aromatic N) is 2. The number of aliphatic imine (C=N–C) groups is 1. The van der Waals surface area contributed by atoms with Gasteiger partial charge in [-0.1, -0.05) is 48.0 Å². The first-order valence-corrected chi connectivity index (χ1v) is 10.0. The summed E-state index contributed by atoms with van der Waals surface area (Å²) >= 11 is 6.07. The van der Waals surface area contributed by atoms with E-state index in [1.807, 2.05) is 41.3 Å². The van der Waals surface area contributed by atoms with Crippen molar-refractivity contribution < 1.29 is 4.79 Å². The molecule has 1 aliphatic rings. The number of carbonyl (C=O) groups excluding carboxylic acids is 1. The van der Waals surface area contributed by atoms with Gasteiger partial charge in [0.15, 0.2) is 5.96 Å². The molecule has 0 aromatic heterocycles. The van der Waals surface area contributed by atoms with E-state index in [2.05, 4.69) is 34.7 Å². The second-order valence-electron chi connectivity index (χ2n) is 7.04. The monoisotopic (exact) mass is 526 g/mol. The molecule has 156 valence electrons. The Kier molecular flexibility index (Phi) is 9.23. The lowest BCUT2D eigenvalue weighted by Gasteiger charge is -2.19. The molecule has 29 heavy (non-hydrogen) atoms. The van der Waals surface area contributed by atoms with Crippen molar-refractivity contribution in [3.05, 3.63) is 70.2 Å². The van der Waals surface area contributed by atoms with Crippen LogP contribution in [0.1, 0.15) is 42.5 Å². The number of benzene rings is 2. The molecular weight excluding hydrogens is 499 g/mol. The minimum absolute atomic E-state index is 0. The molecule has 0 radical (unpaired) electrons. The van der Waals surface area contributed by atoms with Gasteiger partial charge >= 0.3 is 0 Å². The van der Waals surface area contributed by atoms with Gasteiger partial charge in [-0.2, -0.15) is 0 Å². The molecule has 1 unspecified atom stereocenters. The molecular formula is C22H28ClIN4O. The van der Waals surface area contributed by atoms with Gasteiger partial charge in [-0.15, -0.1) is 24.0 Å². The molecule has 1 heterocycles. The molecule has 0 aliphatic carbocycles. The van der Waals surface area contributed by atoms with Gasteiger partial charge in [-0.3, -0.25) is 9.79 Å². The molecule has 0 fully saturated rings. The zero-order chi connectivity index (χ0) is 19.9. The number of hydrogen-bond donors (Lipinski definition) is 2. The van der Waals surface area contributed by atoms with Crippen LogP contribution < -0.4 is 10.6 Å². The van der Waals surface area contributed by atoms with Crippen LogP contribution in [-0.2, 0) is 17.9 Å². The summed E-state index contributed by atoms with van der Waals surface area (Å²) in [6.07, 6.45) is 1.29. The number of amides is 1. The lowest BCUT2D eigenvalue weighted by atomic mass is 10.1. The topological polar surface area (TPSA) is 56.7 Å². The Labute approximate surface area is 194 Å². The van der Waals surface area contributed by atoms with Gasteiger partial charge in [0.25, 0.3) is 0 Å². The standard InChI is InChI=1S/C22H27ClN4O.HI/c1-16(17-9-5-10-20(23)13-17)26-22(24-2)25-12-6-11-21(28)27-14-18-7-3-4-8-19(18)15-27;/h3-5,7-10,13,16H,6,11-12,14-15H2,1-2H3,(H2,24,25,26);1H. The summed E-state index contributed by atoms with van der Waals surface area (Å²) in [5.41, 5.74) is 3.61. The van der Waals surface area contributed by atoms with Crippen molar-refractivity contribution >= 4 is 47.4 Å². The van der Waals surface area contributed by atoms with E-state index in [1.54, 1.807) is 7.05 Å². The summed E-state index contributed by atoms with van der Waals surface area (Å²) in [6, 6.07) is 16.1. The summed E-state index contributed by atoms with van der Waals surface area (Å²) < 4.78 is 0. The number of carbonyl (C=O) groups is 1. The van der Waals surface area contributed by atoms with Crippen LogP contribution in [0, 0.1) is 0 Å². The lowest BCUT2D eigenvalue weighted by molar-refractivity contribution is -0.131. The van der Waals surface area contributed by atoms with E-state index in [0.29, 0.717) is 18.9 Å². The summed E-state index contributed by atoms with van der Waals surface area (Å²) in [6.45, 7) is 4.20. The summed E-state index contributed by atoms with van der Waals surface area (Å²) in [4.78, 5) is 18.7. The van der Waals surface area contributed by atoms with E-state index >= 15 is 0 Å². The van der Waals surface area contributed by atoms with Crippen LogP contribution in [0.4, 0.5) is 0 Å². The normalized spacial score (nSPS) is 14.0.